The van der Waals surface area contributed by atoms with Crippen LogP contribution in [0.4, 0.5) is 0 Å². The Morgan fingerprint density at radius 3 is 2.33 bits per heavy atom. The van der Waals surface area contributed by atoms with E-state index in [2.05, 4.69) is 13.0 Å². The summed E-state index contributed by atoms with van der Waals surface area (Å²) in [5, 5.41) is 10.8. The molecule has 0 saturated carbocycles. The Morgan fingerprint density at radius 2 is 1.75 bits per heavy atom. The second kappa shape index (κ2) is 12.5. The lowest BCUT2D eigenvalue weighted by molar-refractivity contribution is -0.873. The average molecular weight is 337 g/mol. The summed E-state index contributed by atoms with van der Waals surface area (Å²) in [6.45, 7) is 2.58. The first-order chi connectivity index (χ1) is 11.2. The van der Waals surface area contributed by atoms with Crippen molar-refractivity contribution in [3.63, 3.8) is 0 Å². The van der Waals surface area contributed by atoms with Gasteiger partial charge in [0.25, 0.3) is 0 Å². The molecule has 5 nitrogen and oxygen atoms in total. The van der Waals surface area contributed by atoms with Crippen LogP contribution in [0.2, 0.25) is 0 Å². The number of unbranched alkanes of at least 4 members (excludes halogenated alkanes) is 3. The predicted octanol–water partition coefficient (Wildman–Crippen LogP) is 1.99. The molecule has 24 heavy (non-hydrogen) atoms. The van der Waals surface area contributed by atoms with Crippen LogP contribution < -0.4 is 5.11 Å². The van der Waals surface area contributed by atoms with E-state index >= 15 is 0 Å². The molecule has 1 unspecified atom stereocenters. The van der Waals surface area contributed by atoms with E-state index in [0.29, 0.717) is 11.0 Å². The first-order valence-electron chi connectivity index (χ1n) is 8.45. The Labute approximate surface area is 145 Å². The molecule has 0 N–H and O–H groups in total. The zero-order chi connectivity index (χ0) is 18.4. The van der Waals surface area contributed by atoms with Crippen molar-refractivity contribution in [2.24, 2.45) is 0 Å². The molecular formula is C19H31NO4. The third-order valence-corrected chi connectivity index (χ3v) is 3.10. The van der Waals surface area contributed by atoms with Gasteiger partial charge in [-0.1, -0.05) is 50.1 Å². The lowest BCUT2D eigenvalue weighted by Gasteiger charge is -2.28. The number of rotatable bonds is 12. The average Bonchev–Trinajstić information content (AvgIpc) is 2.42. The van der Waals surface area contributed by atoms with Gasteiger partial charge in [0.1, 0.15) is 6.54 Å². The van der Waals surface area contributed by atoms with Gasteiger partial charge in [0, 0.05) is 18.5 Å². The van der Waals surface area contributed by atoms with E-state index in [1.54, 1.807) is 12.2 Å². The summed E-state index contributed by atoms with van der Waals surface area (Å²) in [6.07, 6.45) is 14.2. The number of carboxylic acid groups (broad SMARTS) is 1. The molecule has 0 aromatic heterocycles. The molecule has 0 amide bonds. The van der Waals surface area contributed by atoms with Gasteiger partial charge >= 0.3 is 5.97 Å². The second-order valence-corrected chi connectivity index (χ2v) is 6.78. The summed E-state index contributed by atoms with van der Waals surface area (Å²) in [7, 11) is 5.71. The summed E-state index contributed by atoms with van der Waals surface area (Å²) in [4.78, 5) is 22.5. The molecule has 5 heteroatoms. The number of nitrogens with zero attached hydrogens (tertiary/aromatic N) is 1. The number of carboxylic acids is 1. The minimum absolute atomic E-state index is 0.300. The van der Waals surface area contributed by atoms with Gasteiger partial charge in [-0.15, -0.1) is 0 Å². The normalized spacial score (nSPS) is 13.8. The van der Waals surface area contributed by atoms with Crippen LogP contribution in [0.1, 0.15) is 39.0 Å². The van der Waals surface area contributed by atoms with Crippen LogP contribution in [0.5, 0.6) is 0 Å². The number of likely N-dealkylation sites (N-methyl/N-ethyl adjacent to an activating group) is 1. The summed E-state index contributed by atoms with van der Waals surface area (Å²) in [5.41, 5.74) is 0. The first kappa shape index (κ1) is 22.1. The van der Waals surface area contributed by atoms with Gasteiger partial charge in [-0.3, -0.25) is 0 Å². The number of esters is 1. The number of ether oxygens (including phenoxy) is 1. The van der Waals surface area contributed by atoms with Crippen LogP contribution in [0, 0.1) is 0 Å². The van der Waals surface area contributed by atoms with Crippen LogP contribution in [0.15, 0.2) is 36.5 Å². The van der Waals surface area contributed by atoms with Crippen LogP contribution in [-0.4, -0.2) is 50.2 Å². The fraction of sp³-hybridized carbons (Fsp3) is 0.579. The van der Waals surface area contributed by atoms with Gasteiger partial charge in [-0.2, -0.15) is 0 Å². The summed E-state index contributed by atoms with van der Waals surface area (Å²) < 4.78 is 5.69. The lowest BCUT2D eigenvalue weighted by Crippen LogP contribution is -2.45. The van der Waals surface area contributed by atoms with Crippen LogP contribution in [-0.2, 0) is 14.3 Å². The highest BCUT2D eigenvalue weighted by atomic mass is 16.5. The molecule has 0 aliphatic heterocycles. The lowest BCUT2D eigenvalue weighted by atomic mass is 10.2. The molecule has 0 aromatic carbocycles. The molecule has 0 aliphatic carbocycles. The SMILES string of the molecule is CCCCC/C=C/C=C/C=C/C(=O)OC(CC(=O)[O-])C[N+](C)(C)C. The van der Waals surface area contributed by atoms with Gasteiger partial charge in [0.05, 0.1) is 21.1 Å². The molecule has 0 spiro atoms. The molecule has 1 atom stereocenters. The molecule has 0 aromatic rings. The fourth-order valence-corrected chi connectivity index (χ4v) is 2.09. The smallest absolute Gasteiger partial charge is 0.331 e. The number of hydrogen-bond donors (Lipinski definition) is 0. The Balaban J connectivity index is 4.29. The number of allylic oxidation sites excluding steroid dienone is 5. The summed E-state index contributed by atoms with van der Waals surface area (Å²) in [5.74, 6) is -1.77. The summed E-state index contributed by atoms with van der Waals surface area (Å²) >= 11 is 0. The van der Waals surface area contributed by atoms with Crippen molar-refractivity contribution in [2.45, 2.75) is 45.1 Å². The van der Waals surface area contributed by atoms with Gasteiger partial charge in [0.2, 0.25) is 0 Å². The minimum Gasteiger partial charge on any atom is -0.550 e. The molecule has 0 aliphatic rings. The number of hydrogen-bond acceptors (Lipinski definition) is 4. The Hall–Kier alpha value is -1.88. The van der Waals surface area contributed by atoms with E-state index < -0.39 is 18.0 Å². The van der Waals surface area contributed by atoms with Crippen molar-refractivity contribution in [3.05, 3.63) is 36.5 Å². The van der Waals surface area contributed by atoms with Crippen LogP contribution in [0.25, 0.3) is 0 Å². The highest BCUT2D eigenvalue weighted by Crippen LogP contribution is 2.05. The molecule has 0 rings (SSSR count). The highest BCUT2D eigenvalue weighted by molar-refractivity contribution is 5.82. The van der Waals surface area contributed by atoms with Crippen molar-refractivity contribution in [2.75, 3.05) is 27.7 Å². The Morgan fingerprint density at radius 1 is 1.08 bits per heavy atom. The third kappa shape index (κ3) is 15.0. The predicted molar refractivity (Wildman–Crippen MR) is 94.0 cm³/mol. The maximum absolute atomic E-state index is 11.7. The van der Waals surface area contributed by atoms with Crippen LogP contribution in [0.3, 0.4) is 0 Å². The highest BCUT2D eigenvalue weighted by Gasteiger charge is 2.21. The van der Waals surface area contributed by atoms with Crippen molar-refractivity contribution in [3.8, 4) is 0 Å². The van der Waals surface area contributed by atoms with Crippen molar-refractivity contribution in [1.29, 1.82) is 0 Å². The van der Waals surface area contributed by atoms with Crippen molar-refractivity contribution >= 4 is 11.9 Å². The largest absolute Gasteiger partial charge is 0.550 e. The third-order valence-electron chi connectivity index (χ3n) is 3.10. The standard InChI is InChI=1S/C19H31NO4/c1-5-6-7-8-9-10-11-12-13-14-19(23)24-17(15-18(21)22)16-20(2,3)4/h9-14,17H,5-8,15-16H2,1-4H3/b10-9+,12-11+,14-13+. The van der Waals surface area contributed by atoms with Crippen LogP contribution >= 0.6 is 0 Å². The molecule has 0 fully saturated rings. The molecule has 0 saturated heterocycles. The van der Waals surface area contributed by atoms with Gasteiger partial charge in [-0.05, 0) is 12.8 Å². The molecular weight excluding hydrogens is 306 g/mol. The maximum atomic E-state index is 11.7. The number of carbonyl (C=O) groups excluding carboxylic acids is 2. The minimum atomic E-state index is -1.22. The maximum Gasteiger partial charge on any atom is 0.331 e. The Bertz CT molecular complexity index is 458. The monoisotopic (exact) mass is 337 g/mol. The Kier molecular flexibility index (Phi) is 11.5. The molecule has 0 heterocycles. The molecule has 136 valence electrons. The first-order valence-corrected chi connectivity index (χ1v) is 8.45. The molecule has 0 bridgehead atoms. The second-order valence-electron chi connectivity index (χ2n) is 6.78. The van der Waals surface area contributed by atoms with E-state index in [0.717, 1.165) is 6.42 Å². The zero-order valence-electron chi connectivity index (χ0n) is 15.4. The topological polar surface area (TPSA) is 66.4 Å². The van der Waals surface area contributed by atoms with E-state index in [4.69, 9.17) is 4.74 Å². The van der Waals surface area contributed by atoms with E-state index in [9.17, 15) is 14.7 Å². The quantitative estimate of drug-likeness (QED) is 0.180. The number of quaternary nitrogens is 1. The fourth-order valence-electron chi connectivity index (χ4n) is 2.09. The summed E-state index contributed by atoms with van der Waals surface area (Å²) in [6, 6.07) is 0. The number of aliphatic carboxylic acids is 1. The van der Waals surface area contributed by atoms with E-state index in [1.807, 2.05) is 33.3 Å². The van der Waals surface area contributed by atoms with E-state index in [-0.39, 0.29) is 6.42 Å². The van der Waals surface area contributed by atoms with Gasteiger partial charge < -0.3 is 19.1 Å². The van der Waals surface area contributed by atoms with Gasteiger partial charge in [-0.25, -0.2) is 4.79 Å². The van der Waals surface area contributed by atoms with Gasteiger partial charge in [0.15, 0.2) is 6.10 Å². The molecule has 0 radical (unpaired) electrons. The van der Waals surface area contributed by atoms with E-state index in [1.165, 1.54) is 25.3 Å². The van der Waals surface area contributed by atoms with Crippen molar-refractivity contribution in [1.82, 2.24) is 0 Å². The number of carbonyl (C=O) groups is 2. The zero-order valence-corrected chi connectivity index (χ0v) is 15.4. The van der Waals surface area contributed by atoms with Crippen molar-refractivity contribution < 1.29 is 23.9 Å².